The van der Waals surface area contributed by atoms with Gasteiger partial charge in [0.1, 0.15) is 0 Å². The first-order valence-electron chi connectivity index (χ1n) is 6.07. The van der Waals surface area contributed by atoms with Crippen molar-refractivity contribution in [2.45, 2.75) is 32.7 Å². The largest absolute Gasteiger partial charge is 0.455 e. The Morgan fingerprint density at radius 3 is 2.58 bits per heavy atom. The number of hydrogen-bond acceptors (Lipinski definition) is 4. The molecule has 1 aromatic carbocycles. The molecule has 0 unspecified atom stereocenters. The molecule has 1 amide bonds. The van der Waals surface area contributed by atoms with Crippen LogP contribution in [-0.2, 0) is 20.7 Å². The van der Waals surface area contributed by atoms with Crippen LogP contribution in [0.5, 0.6) is 0 Å². The summed E-state index contributed by atoms with van der Waals surface area (Å²) < 4.78 is 4.90. The Morgan fingerprint density at radius 1 is 1.32 bits per heavy atom. The quantitative estimate of drug-likeness (QED) is 0.634. The molecule has 1 aromatic rings. The fourth-order valence-electron chi connectivity index (χ4n) is 1.52. The molecule has 3 N–H and O–H groups in total. The maximum Gasteiger partial charge on any atom is 0.310 e. The molecule has 104 valence electrons. The van der Waals surface area contributed by atoms with Crippen molar-refractivity contribution in [2.24, 2.45) is 0 Å². The van der Waals surface area contributed by atoms with Crippen LogP contribution >= 0.6 is 0 Å². The first-order chi connectivity index (χ1) is 8.76. The molecule has 0 fully saturated rings. The minimum atomic E-state index is -0.449. The third-order valence-corrected chi connectivity index (χ3v) is 2.18. The average molecular weight is 264 g/mol. The van der Waals surface area contributed by atoms with E-state index in [1.165, 1.54) is 0 Å². The van der Waals surface area contributed by atoms with Crippen LogP contribution in [0, 0.1) is 0 Å². The summed E-state index contributed by atoms with van der Waals surface area (Å²) in [4.78, 5) is 23.0. The first kappa shape index (κ1) is 15.0. The lowest BCUT2D eigenvalue weighted by Gasteiger charge is -2.20. The summed E-state index contributed by atoms with van der Waals surface area (Å²) in [5, 5.41) is 2.71. The molecule has 0 aliphatic carbocycles. The molecule has 0 spiro atoms. The van der Waals surface area contributed by atoms with Crippen LogP contribution in [0.2, 0.25) is 0 Å². The highest BCUT2D eigenvalue weighted by Gasteiger charge is 2.15. The summed E-state index contributed by atoms with van der Waals surface area (Å²) >= 11 is 0. The molecule has 0 atom stereocenters. The predicted molar refractivity (Wildman–Crippen MR) is 73.4 cm³/mol. The highest BCUT2D eigenvalue weighted by atomic mass is 16.5. The van der Waals surface area contributed by atoms with E-state index in [1.807, 2.05) is 20.8 Å². The Kier molecular flexibility index (Phi) is 4.92. The van der Waals surface area contributed by atoms with Crippen molar-refractivity contribution in [3.8, 4) is 0 Å². The van der Waals surface area contributed by atoms with E-state index in [4.69, 9.17) is 10.5 Å². The number of nitrogens with two attached hydrogens (primary N) is 1. The maximum atomic E-state index is 11.6. The van der Waals surface area contributed by atoms with Crippen LogP contribution in [0.15, 0.2) is 24.3 Å². The second-order valence-electron chi connectivity index (χ2n) is 5.38. The highest BCUT2D eigenvalue weighted by molar-refractivity contribution is 5.81. The van der Waals surface area contributed by atoms with E-state index >= 15 is 0 Å². The fourth-order valence-corrected chi connectivity index (χ4v) is 1.52. The molecule has 0 aromatic heterocycles. The Balaban J connectivity index is 2.38. The number of benzene rings is 1. The zero-order valence-corrected chi connectivity index (χ0v) is 11.5. The van der Waals surface area contributed by atoms with Crippen LogP contribution in [-0.4, -0.2) is 24.0 Å². The lowest BCUT2D eigenvalue weighted by atomic mass is 10.1. The third-order valence-electron chi connectivity index (χ3n) is 2.18. The first-order valence-corrected chi connectivity index (χ1v) is 6.07. The van der Waals surface area contributed by atoms with Crippen molar-refractivity contribution in [3.05, 3.63) is 29.8 Å². The van der Waals surface area contributed by atoms with E-state index in [2.05, 4.69) is 5.32 Å². The Morgan fingerprint density at radius 2 is 2.00 bits per heavy atom. The summed E-state index contributed by atoms with van der Waals surface area (Å²) in [6.07, 6.45) is 0.105. The van der Waals surface area contributed by atoms with E-state index in [-0.39, 0.29) is 24.5 Å². The summed E-state index contributed by atoms with van der Waals surface area (Å²) in [6, 6.07) is 7.00. The molecule has 0 radical (unpaired) electrons. The van der Waals surface area contributed by atoms with Gasteiger partial charge < -0.3 is 15.8 Å². The van der Waals surface area contributed by atoms with Crippen molar-refractivity contribution < 1.29 is 14.3 Å². The highest BCUT2D eigenvalue weighted by Crippen LogP contribution is 2.07. The van der Waals surface area contributed by atoms with Crippen LogP contribution in [0.4, 0.5) is 5.69 Å². The molecule has 0 saturated carbocycles. The number of ether oxygens (including phenoxy) is 1. The van der Waals surface area contributed by atoms with Gasteiger partial charge in [-0.1, -0.05) is 12.1 Å². The average Bonchev–Trinajstić information content (AvgIpc) is 2.24. The monoisotopic (exact) mass is 264 g/mol. The van der Waals surface area contributed by atoms with Crippen molar-refractivity contribution in [1.82, 2.24) is 5.32 Å². The van der Waals surface area contributed by atoms with Gasteiger partial charge in [-0.25, -0.2) is 0 Å². The van der Waals surface area contributed by atoms with Gasteiger partial charge in [-0.2, -0.15) is 0 Å². The summed E-state index contributed by atoms with van der Waals surface area (Å²) in [7, 11) is 0. The summed E-state index contributed by atoms with van der Waals surface area (Å²) in [6.45, 7) is 5.32. The number of nitrogen functional groups attached to an aromatic ring is 1. The number of carbonyl (C=O) groups is 2. The summed E-state index contributed by atoms with van der Waals surface area (Å²) in [5.41, 5.74) is 6.63. The second kappa shape index (κ2) is 6.22. The van der Waals surface area contributed by atoms with Crippen LogP contribution in [0.3, 0.4) is 0 Å². The van der Waals surface area contributed by atoms with Gasteiger partial charge >= 0.3 is 5.97 Å². The number of amides is 1. The maximum absolute atomic E-state index is 11.6. The van der Waals surface area contributed by atoms with Crippen molar-refractivity contribution in [1.29, 1.82) is 0 Å². The molecule has 0 bridgehead atoms. The lowest BCUT2D eigenvalue weighted by Crippen LogP contribution is -2.42. The smallest absolute Gasteiger partial charge is 0.310 e. The van der Waals surface area contributed by atoms with E-state index in [0.29, 0.717) is 5.69 Å². The molecule has 1 rings (SSSR count). The van der Waals surface area contributed by atoms with E-state index < -0.39 is 5.97 Å². The van der Waals surface area contributed by atoms with Crippen molar-refractivity contribution >= 4 is 17.6 Å². The molecule has 5 heteroatoms. The Labute approximate surface area is 113 Å². The molecular formula is C14H20N2O3. The van der Waals surface area contributed by atoms with Gasteiger partial charge in [0, 0.05) is 11.2 Å². The normalized spacial score (nSPS) is 10.9. The number of esters is 1. The molecule has 19 heavy (non-hydrogen) atoms. The fraction of sp³-hybridized carbons (Fsp3) is 0.429. The topological polar surface area (TPSA) is 81.4 Å². The van der Waals surface area contributed by atoms with Gasteiger partial charge in [-0.05, 0) is 38.5 Å². The molecule has 5 nitrogen and oxygen atoms in total. The zero-order valence-electron chi connectivity index (χ0n) is 11.5. The van der Waals surface area contributed by atoms with E-state index in [9.17, 15) is 9.59 Å². The number of nitrogens with one attached hydrogen (secondary N) is 1. The zero-order chi connectivity index (χ0) is 14.5. The lowest BCUT2D eigenvalue weighted by molar-refractivity contribution is -0.148. The second-order valence-corrected chi connectivity index (χ2v) is 5.38. The van der Waals surface area contributed by atoms with Gasteiger partial charge in [-0.3, -0.25) is 9.59 Å². The van der Waals surface area contributed by atoms with E-state index in [1.54, 1.807) is 24.3 Å². The standard InChI is InChI=1S/C14H20N2O3/c1-14(2,3)16-12(17)9-19-13(18)8-10-5-4-6-11(15)7-10/h4-7H,8-9,15H2,1-3H3,(H,16,17). The molecule has 0 aliphatic heterocycles. The van der Waals surface area contributed by atoms with Crippen LogP contribution < -0.4 is 11.1 Å². The molecule has 0 heterocycles. The molecule has 0 aliphatic rings. The molecule has 0 saturated heterocycles. The van der Waals surface area contributed by atoms with Gasteiger partial charge in [0.15, 0.2) is 6.61 Å². The Bertz CT molecular complexity index is 464. The molecular weight excluding hydrogens is 244 g/mol. The number of rotatable bonds is 4. The van der Waals surface area contributed by atoms with Gasteiger partial charge in [0.05, 0.1) is 6.42 Å². The van der Waals surface area contributed by atoms with Gasteiger partial charge in [0.25, 0.3) is 5.91 Å². The van der Waals surface area contributed by atoms with Gasteiger partial charge in [-0.15, -0.1) is 0 Å². The SMILES string of the molecule is CC(C)(C)NC(=O)COC(=O)Cc1cccc(N)c1. The Hall–Kier alpha value is -2.04. The van der Waals surface area contributed by atoms with E-state index in [0.717, 1.165) is 5.56 Å². The van der Waals surface area contributed by atoms with Crippen molar-refractivity contribution in [2.75, 3.05) is 12.3 Å². The number of carbonyl (C=O) groups excluding carboxylic acids is 2. The van der Waals surface area contributed by atoms with Crippen LogP contribution in [0.25, 0.3) is 0 Å². The van der Waals surface area contributed by atoms with Crippen LogP contribution in [0.1, 0.15) is 26.3 Å². The number of anilines is 1. The predicted octanol–water partition coefficient (Wildman–Crippen LogP) is 1.27. The third kappa shape index (κ3) is 6.45. The van der Waals surface area contributed by atoms with Crippen molar-refractivity contribution in [3.63, 3.8) is 0 Å². The minimum absolute atomic E-state index is 0.105. The summed E-state index contributed by atoms with van der Waals surface area (Å²) in [5.74, 6) is -0.761. The number of hydrogen-bond donors (Lipinski definition) is 2. The van der Waals surface area contributed by atoms with Gasteiger partial charge in [0.2, 0.25) is 0 Å². The minimum Gasteiger partial charge on any atom is -0.455 e.